The van der Waals surface area contributed by atoms with E-state index < -0.39 is 12.0 Å². The number of aliphatic hydroxyl groups is 1. The predicted molar refractivity (Wildman–Crippen MR) is 99.9 cm³/mol. The van der Waals surface area contributed by atoms with Crippen LogP contribution in [0.2, 0.25) is 0 Å². The molecule has 4 rings (SSSR count). The van der Waals surface area contributed by atoms with Crippen molar-refractivity contribution >= 4 is 17.3 Å². The van der Waals surface area contributed by atoms with Gasteiger partial charge in [0.1, 0.15) is 12.4 Å². The van der Waals surface area contributed by atoms with Crippen LogP contribution in [-0.2, 0) is 23.1 Å². The summed E-state index contributed by atoms with van der Waals surface area (Å²) in [4.78, 5) is 13.9. The van der Waals surface area contributed by atoms with Crippen molar-refractivity contribution in [1.29, 1.82) is 0 Å². The van der Waals surface area contributed by atoms with E-state index in [4.69, 9.17) is 0 Å². The molecule has 0 radical (unpaired) electrons. The second-order valence-corrected chi connectivity index (χ2v) is 7.59. The van der Waals surface area contributed by atoms with Gasteiger partial charge in [0.2, 0.25) is 0 Å². The quantitative estimate of drug-likeness (QED) is 0.762. The molecule has 1 aliphatic carbocycles. The highest BCUT2D eigenvalue weighted by molar-refractivity contribution is 7.06. The van der Waals surface area contributed by atoms with Crippen LogP contribution in [-0.4, -0.2) is 21.9 Å². The number of carbonyl (C=O) groups is 1. The molecule has 0 spiro atoms. The Bertz CT molecular complexity index is 983. The van der Waals surface area contributed by atoms with Gasteiger partial charge in [-0.2, -0.15) is 4.37 Å². The van der Waals surface area contributed by atoms with Crippen LogP contribution in [0.25, 0.3) is 11.3 Å². The highest BCUT2D eigenvalue weighted by atomic mass is 32.1. The van der Waals surface area contributed by atoms with Crippen molar-refractivity contribution in [2.45, 2.75) is 25.2 Å². The summed E-state index contributed by atoms with van der Waals surface area (Å²) in [5.41, 5.74) is 3.14. The average molecular weight is 367 g/mol. The molecular weight excluding hydrogens is 349 g/mol. The minimum absolute atomic E-state index is 0.270. The molecule has 1 aromatic heterocycles. The topological polar surface area (TPSA) is 50.2 Å². The average Bonchev–Trinajstić information content (AvgIpc) is 3.22. The van der Waals surface area contributed by atoms with Crippen molar-refractivity contribution in [1.82, 2.24) is 4.37 Å². The van der Waals surface area contributed by atoms with Gasteiger partial charge in [0.05, 0.1) is 11.1 Å². The SMILES string of the molecule is Cc1c(F)cccc1[C@@]1(C(=O)CO)Cc2snc(-c3ccccc3)c2C1. The third-order valence-electron chi connectivity index (χ3n) is 5.32. The Kier molecular flexibility index (Phi) is 4.21. The lowest BCUT2D eigenvalue weighted by Crippen LogP contribution is -2.39. The summed E-state index contributed by atoms with van der Waals surface area (Å²) in [5.74, 6) is -0.599. The summed E-state index contributed by atoms with van der Waals surface area (Å²) in [6, 6.07) is 14.7. The minimum Gasteiger partial charge on any atom is -0.389 e. The van der Waals surface area contributed by atoms with E-state index in [9.17, 15) is 14.3 Å². The Hall–Kier alpha value is -2.37. The fourth-order valence-corrected chi connectivity index (χ4v) is 4.95. The maximum absolute atomic E-state index is 14.2. The van der Waals surface area contributed by atoms with Crippen molar-refractivity contribution in [2.75, 3.05) is 6.61 Å². The Morgan fingerprint density at radius 3 is 2.69 bits per heavy atom. The molecule has 26 heavy (non-hydrogen) atoms. The number of benzene rings is 2. The molecule has 0 amide bonds. The number of hydrogen-bond donors (Lipinski definition) is 1. The van der Waals surface area contributed by atoms with Crippen LogP contribution in [0.3, 0.4) is 0 Å². The second-order valence-electron chi connectivity index (χ2n) is 6.73. The van der Waals surface area contributed by atoms with Gasteiger partial charge in [-0.25, -0.2) is 4.39 Å². The number of halogens is 1. The first kappa shape index (κ1) is 17.1. The van der Waals surface area contributed by atoms with Crippen LogP contribution in [0.15, 0.2) is 48.5 Å². The molecule has 0 aliphatic heterocycles. The highest BCUT2D eigenvalue weighted by Gasteiger charge is 2.47. The van der Waals surface area contributed by atoms with Gasteiger partial charge in [-0.1, -0.05) is 42.5 Å². The van der Waals surface area contributed by atoms with Crippen LogP contribution in [0.1, 0.15) is 21.6 Å². The van der Waals surface area contributed by atoms with Crippen LogP contribution in [0, 0.1) is 12.7 Å². The molecule has 132 valence electrons. The Morgan fingerprint density at radius 1 is 1.19 bits per heavy atom. The van der Waals surface area contributed by atoms with E-state index in [1.165, 1.54) is 17.6 Å². The Labute approximate surface area is 155 Å². The number of aliphatic hydroxyl groups excluding tert-OH is 1. The van der Waals surface area contributed by atoms with Crippen LogP contribution >= 0.6 is 11.5 Å². The van der Waals surface area contributed by atoms with E-state index in [-0.39, 0.29) is 11.6 Å². The molecule has 0 bridgehead atoms. The van der Waals surface area contributed by atoms with Crippen molar-refractivity contribution in [3.63, 3.8) is 0 Å². The Morgan fingerprint density at radius 2 is 1.96 bits per heavy atom. The van der Waals surface area contributed by atoms with Gasteiger partial charge in [-0.15, -0.1) is 0 Å². The summed E-state index contributed by atoms with van der Waals surface area (Å²) in [5, 5.41) is 9.63. The van der Waals surface area contributed by atoms with Crippen LogP contribution in [0.5, 0.6) is 0 Å². The summed E-state index contributed by atoms with van der Waals surface area (Å²) in [6.07, 6.45) is 0.892. The summed E-state index contributed by atoms with van der Waals surface area (Å²) in [7, 11) is 0. The summed E-state index contributed by atoms with van der Waals surface area (Å²) in [6.45, 7) is 1.14. The van der Waals surface area contributed by atoms with Crippen molar-refractivity contribution < 1.29 is 14.3 Å². The number of rotatable bonds is 4. The lowest BCUT2D eigenvalue weighted by molar-refractivity contribution is -0.127. The zero-order chi connectivity index (χ0) is 18.3. The lowest BCUT2D eigenvalue weighted by Gasteiger charge is -2.29. The molecule has 1 heterocycles. The maximum Gasteiger partial charge on any atom is 0.169 e. The molecule has 1 N–H and O–H groups in total. The first-order valence-electron chi connectivity index (χ1n) is 8.49. The zero-order valence-electron chi connectivity index (χ0n) is 14.3. The second kappa shape index (κ2) is 6.41. The summed E-state index contributed by atoms with van der Waals surface area (Å²) < 4.78 is 18.8. The molecule has 1 atom stereocenters. The number of aromatic nitrogens is 1. The number of Topliss-reactive ketones (excluding diaryl/α,β-unsaturated/α-hetero) is 1. The van der Waals surface area contributed by atoms with Gasteiger partial charge in [0.15, 0.2) is 5.78 Å². The smallest absolute Gasteiger partial charge is 0.169 e. The van der Waals surface area contributed by atoms with E-state index in [0.717, 1.165) is 21.7 Å². The molecule has 2 aromatic carbocycles. The molecule has 3 aromatic rings. The largest absolute Gasteiger partial charge is 0.389 e. The molecule has 1 aliphatic rings. The molecular formula is C21H18FNO2S. The molecule has 0 saturated carbocycles. The van der Waals surface area contributed by atoms with Gasteiger partial charge in [-0.3, -0.25) is 4.79 Å². The standard InChI is InChI=1S/C21H18FNO2S/c1-13-16(8-5-9-17(13)22)21(19(25)12-24)10-15-18(11-21)26-23-20(15)14-6-3-2-4-7-14/h2-9,24H,10-12H2,1H3/t21-/m0/s1. The van der Waals surface area contributed by atoms with E-state index in [1.807, 2.05) is 30.3 Å². The van der Waals surface area contributed by atoms with Gasteiger partial charge in [0.25, 0.3) is 0 Å². The lowest BCUT2D eigenvalue weighted by atomic mass is 9.72. The van der Waals surface area contributed by atoms with Crippen molar-refractivity contribution in [3.8, 4) is 11.3 Å². The number of hydrogen-bond acceptors (Lipinski definition) is 4. The predicted octanol–water partition coefficient (Wildman–Crippen LogP) is 3.86. The molecule has 3 nitrogen and oxygen atoms in total. The van der Waals surface area contributed by atoms with Crippen LogP contribution < -0.4 is 0 Å². The number of fused-ring (bicyclic) bond motifs is 1. The fraction of sp³-hybridized carbons (Fsp3) is 0.238. The zero-order valence-corrected chi connectivity index (χ0v) is 15.1. The maximum atomic E-state index is 14.2. The molecule has 0 unspecified atom stereocenters. The first-order chi connectivity index (χ1) is 12.6. The van der Waals surface area contributed by atoms with E-state index >= 15 is 0 Å². The Balaban J connectivity index is 1.85. The van der Waals surface area contributed by atoms with Crippen LogP contribution in [0.4, 0.5) is 4.39 Å². The molecule has 0 fully saturated rings. The van der Waals surface area contributed by atoms with Crippen molar-refractivity contribution in [2.24, 2.45) is 0 Å². The number of ketones is 1. The van der Waals surface area contributed by atoms with E-state index in [2.05, 4.69) is 4.37 Å². The third-order valence-corrected chi connectivity index (χ3v) is 6.20. The van der Waals surface area contributed by atoms with E-state index in [1.54, 1.807) is 19.1 Å². The van der Waals surface area contributed by atoms with Gasteiger partial charge in [-0.05, 0) is 47.6 Å². The van der Waals surface area contributed by atoms with Gasteiger partial charge >= 0.3 is 0 Å². The monoisotopic (exact) mass is 367 g/mol. The van der Waals surface area contributed by atoms with Gasteiger partial charge in [0, 0.05) is 16.9 Å². The third kappa shape index (κ3) is 2.50. The summed E-state index contributed by atoms with van der Waals surface area (Å²) >= 11 is 1.39. The highest BCUT2D eigenvalue weighted by Crippen LogP contribution is 2.46. The molecule has 0 saturated heterocycles. The minimum atomic E-state index is -0.922. The molecule has 5 heteroatoms. The fourth-order valence-electron chi connectivity index (χ4n) is 3.94. The normalized spacial score (nSPS) is 18.7. The first-order valence-corrected chi connectivity index (χ1v) is 9.27. The van der Waals surface area contributed by atoms with Crippen molar-refractivity contribution in [3.05, 3.63) is 75.9 Å². The van der Waals surface area contributed by atoms with E-state index in [0.29, 0.717) is 24.0 Å². The number of nitrogens with zero attached hydrogens (tertiary/aromatic N) is 1. The van der Waals surface area contributed by atoms with Gasteiger partial charge < -0.3 is 5.11 Å². The number of carbonyl (C=O) groups excluding carboxylic acids is 1.